The van der Waals surface area contributed by atoms with E-state index in [9.17, 15) is 0 Å². The first kappa shape index (κ1) is 10.0. The highest BCUT2D eigenvalue weighted by molar-refractivity contribution is 9.10. The van der Waals surface area contributed by atoms with Gasteiger partial charge in [0.1, 0.15) is 0 Å². The molecule has 1 aromatic carbocycles. The van der Waals surface area contributed by atoms with E-state index >= 15 is 0 Å². The van der Waals surface area contributed by atoms with Crippen molar-refractivity contribution in [2.75, 3.05) is 0 Å². The van der Waals surface area contributed by atoms with Crippen LogP contribution in [-0.4, -0.2) is 6.04 Å². The van der Waals surface area contributed by atoms with Crippen molar-refractivity contribution in [1.29, 1.82) is 0 Å². The molecule has 1 nitrogen and oxygen atoms in total. The average Bonchev–Trinajstić information content (AvgIpc) is 2.68. The van der Waals surface area contributed by atoms with Gasteiger partial charge in [-0.1, -0.05) is 34.1 Å². The Kier molecular flexibility index (Phi) is 3.16. The largest absolute Gasteiger partial charge is 0.327 e. The lowest BCUT2D eigenvalue weighted by Crippen LogP contribution is -2.01. The second kappa shape index (κ2) is 3.77. The summed E-state index contributed by atoms with van der Waals surface area (Å²) in [7, 11) is 0. The van der Waals surface area contributed by atoms with E-state index in [1.807, 2.05) is 6.07 Å². The van der Waals surface area contributed by atoms with E-state index in [4.69, 9.17) is 5.73 Å². The topological polar surface area (TPSA) is 26.0 Å². The Morgan fingerprint density at radius 1 is 1.33 bits per heavy atom. The van der Waals surface area contributed by atoms with E-state index in [0.717, 1.165) is 6.42 Å². The van der Waals surface area contributed by atoms with Gasteiger partial charge in [0, 0.05) is 16.4 Å². The smallest absolute Gasteiger partial charge is 0.0210 e. The first-order chi connectivity index (χ1) is 5.29. The van der Waals surface area contributed by atoms with Gasteiger partial charge in [0.25, 0.3) is 0 Å². The Hall–Kier alpha value is -0.0500. The third-order valence-corrected chi connectivity index (χ3v) is 2.87. The monoisotopic (exact) mass is 247 g/mol. The lowest BCUT2D eigenvalue weighted by molar-refractivity contribution is 0.986. The molecule has 2 atom stereocenters. The molecule has 3 heteroatoms. The maximum atomic E-state index is 5.75. The van der Waals surface area contributed by atoms with Gasteiger partial charge in [-0.3, -0.25) is 0 Å². The van der Waals surface area contributed by atoms with Crippen molar-refractivity contribution in [3.05, 3.63) is 34.3 Å². The molecule has 0 radical (unpaired) electrons. The molecule has 1 aliphatic carbocycles. The van der Waals surface area contributed by atoms with Gasteiger partial charge in [-0.25, -0.2) is 0 Å². The second-order valence-corrected chi connectivity index (χ2v) is 3.88. The molecule has 2 unspecified atom stereocenters. The molecule has 0 aliphatic heterocycles. The molecule has 0 bridgehead atoms. The maximum Gasteiger partial charge on any atom is 0.0210 e. The minimum Gasteiger partial charge on any atom is -0.327 e. The van der Waals surface area contributed by atoms with Crippen LogP contribution in [-0.2, 0) is 0 Å². The van der Waals surface area contributed by atoms with Crippen LogP contribution in [0.4, 0.5) is 0 Å². The fraction of sp³-hybridized carbons (Fsp3) is 0.333. The van der Waals surface area contributed by atoms with Crippen molar-refractivity contribution < 1.29 is 0 Å². The van der Waals surface area contributed by atoms with Crippen LogP contribution in [0.15, 0.2) is 28.7 Å². The van der Waals surface area contributed by atoms with Crippen LogP contribution in [0.2, 0.25) is 0 Å². The fourth-order valence-corrected chi connectivity index (χ4v) is 1.93. The van der Waals surface area contributed by atoms with E-state index in [2.05, 4.69) is 34.1 Å². The molecule has 0 amide bonds. The highest BCUT2D eigenvalue weighted by Gasteiger charge is 2.35. The van der Waals surface area contributed by atoms with E-state index in [0.29, 0.717) is 12.0 Å². The van der Waals surface area contributed by atoms with Crippen LogP contribution in [0.3, 0.4) is 0 Å². The molecular formula is C9H11BrClN. The van der Waals surface area contributed by atoms with Gasteiger partial charge in [0.15, 0.2) is 0 Å². The Labute approximate surface area is 86.9 Å². The maximum absolute atomic E-state index is 5.75. The van der Waals surface area contributed by atoms with Crippen LogP contribution < -0.4 is 5.73 Å². The van der Waals surface area contributed by atoms with Crippen LogP contribution >= 0.6 is 28.3 Å². The number of hydrogen-bond acceptors (Lipinski definition) is 1. The van der Waals surface area contributed by atoms with Gasteiger partial charge in [-0.05, 0) is 18.1 Å². The summed E-state index contributed by atoms with van der Waals surface area (Å²) in [5.41, 5.74) is 7.11. The lowest BCUT2D eigenvalue weighted by atomic mass is 10.1. The van der Waals surface area contributed by atoms with Crippen molar-refractivity contribution in [2.45, 2.75) is 18.4 Å². The molecule has 1 saturated carbocycles. The van der Waals surface area contributed by atoms with Crippen LogP contribution in [0.5, 0.6) is 0 Å². The Balaban J connectivity index is 0.000000720. The molecule has 12 heavy (non-hydrogen) atoms. The fourth-order valence-electron chi connectivity index (χ4n) is 1.35. The van der Waals surface area contributed by atoms with Crippen LogP contribution in [0, 0.1) is 0 Å². The average molecular weight is 249 g/mol. The molecule has 1 aliphatic rings. The van der Waals surface area contributed by atoms with Gasteiger partial charge in [0.2, 0.25) is 0 Å². The standard InChI is InChI=1S/C9H10BrN.ClH/c10-8-4-2-1-3-6(8)7-5-9(7)11;/h1-4,7,9H,5,11H2;1H. The van der Waals surface area contributed by atoms with E-state index in [-0.39, 0.29) is 12.4 Å². The second-order valence-electron chi connectivity index (χ2n) is 3.03. The van der Waals surface area contributed by atoms with Crippen LogP contribution in [0.25, 0.3) is 0 Å². The number of hydrogen-bond donors (Lipinski definition) is 1. The number of benzene rings is 1. The van der Waals surface area contributed by atoms with Crippen molar-refractivity contribution in [3.8, 4) is 0 Å². The third-order valence-electron chi connectivity index (χ3n) is 2.14. The molecule has 0 heterocycles. The molecule has 1 fully saturated rings. The molecule has 0 saturated heterocycles. The van der Waals surface area contributed by atoms with Crippen molar-refractivity contribution in [2.24, 2.45) is 5.73 Å². The van der Waals surface area contributed by atoms with Gasteiger partial charge in [0.05, 0.1) is 0 Å². The Morgan fingerprint density at radius 2 is 1.92 bits per heavy atom. The minimum atomic E-state index is 0. The quantitative estimate of drug-likeness (QED) is 0.812. The summed E-state index contributed by atoms with van der Waals surface area (Å²) in [5, 5.41) is 0. The highest BCUT2D eigenvalue weighted by Crippen LogP contribution is 2.41. The zero-order valence-electron chi connectivity index (χ0n) is 6.53. The van der Waals surface area contributed by atoms with Gasteiger partial charge in [-0.2, -0.15) is 0 Å². The normalized spacial score (nSPS) is 26.2. The zero-order valence-corrected chi connectivity index (χ0v) is 8.94. The summed E-state index contributed by atoms with van der Waals surface area (Å²) >= 11 is 3.51. The Morgan fingerprint density at radius 3 is 2.42 bits per heavy atom. The first-order valence-electron chi connectivity index (χ1n) is 3.79. The summed E-state index contributed by atoms with van der Waals surface area (Å²) in [4.78, 5) is 0. The SMILES string of the molecule is Cl.NC1CC1c1ccccc1Br. The molecule has 1 aromatic rings. The molecule has 2 N–H and O–H groups in total. The van der Waals surface area contributed by atoms with Crippen molar-refractivity contribution >= 4 is 28.3 Å². The van der Waals surface area contributed by atoms with Crippen LogP contribution in [0.1, 0.15) is 17.9 Å². The number of rotatable bonds is 1. The van der Waals surface area contributed by atoms with E-state index in [1.54, 1.807) is 0 Å². The third kappa shape index (κ3) is 1.82. The van der Waals surface area contributed by atoms with E-state index < -0.39 is 0 Å². The highest BCUT2D eigenvalue weighted by atomic mass is 79.9. The molecule has 0 aromatic heterocycles. The van der Waals surface area contributed by atoms with Crippen molar-refractivity contribution in [1.82, 2.24) is 0 Å². The summed E-state index contributed by atoms with van der Waals surface area (Å²) in [5.74, 6) is 0.602. The zero-order chi connectivity index (χ0) is 7.84. The van der Waals surface area contributed by atoms with Gasteiger partial charge >= 0.3 is 0 Å². The van der Waals surface area contributed by atoms with E-state index in [1.165, 1.54) is 10.0 Å². The molecule has 0 spiro atoms. The lowest BCUT2D eigenvalue weighted by Gasteiger charge is -2.00. The minimum absolute atomic E-state index is 0. The molecule has 66 valence electrons. The van der Waals surface area contributed by atoms with Gasteiger partial charge in [-0.15, -0.1) is 12.4 Å². The van der Waals surface area contributed by atoms with Crippen molar-refractivity contribution in [3.63, 3.8) is 0 Å². The summed E-state index contributed by atoms with van der Waals surface area (Å²) in [6.07, 6.45) is 1.14. The molecule has 2 rings (SSSR count). The molecular weight excluding hydrogens is 237 g/mol. The predicted octanol–water partition coefficient (Wildman–Crippen LogP) is 2.69. The summed E-state index contributed by atoms with van der Waals surface area (Å²) in [6.45, 7) is 0. The Bertz CT molecular complexity index is 277. The summed E-state index contributed by atoms with van der Waals surface area (Å²) in [6, 6.07) is 8.70. The van der Waals surface area contributed by atoms with Gasteiger partial charge < -0.3 is 5.73 Å². The first-order valence-corrected chi connectivity index (χ1v) is 4.58. The number of nitrogens with two attached hydrogens (primary N) is 1. The predicted molar refractivity (Wildman–Crippen MR) is 56.7 cm³/mol. The number of halogens is 2. The summed E-state index contributed by atoms with van der Waals surface area (Å²) < 4.78 is 1.19.